The number of carbonyl (C=O) groups excluding carboxylic acids is 1. The van der Waals surface area contributed by atoms with Gasteiger partial charge in [-0.3, -0.25) is 9.78 Å². The number of pyridine rings is 1. The van der Waals surface area contributed by atoms with E-state index in [9.17, 15) is 13.2 Å². The van der Waals surface area contributed by atoms with Crippen LogP contribution in [0.15, 0.2) is 96.0 Å². The van der Waals surface area contributed by atoms with Crippen molar-refractivity contribution in [2.75, 3.05) is 6.26 Å². The summed E-state index contributed by atoms with van der Waals surface area (Å²) in [7, 11) is -3.22. The van der Waals surface area contributed by atoms with E-state index in [1.807, 2.05) is 42.5 Å². The molecule has 1 aromatic heterocycles. The van der Waals surface area contributed by atoms with E-state index in [-0.39, 0.29) is 5.91 Å². The first-order chi connectivity index (χ1) is 15.8. The molecule has 0 unspecified atom stereocenters. The molecule has 0 fully saturated rings. The average Bonchev–Trinajstić information content (AvgIpc) is 2.83. The van der Waals surface area contributed by atoms with Gasteiger partial charge in [-0.25, -0.2) is 8.42 Å². The number of nitrogens with zero attached hydrogens (tertiary/aromatic N) is 1. The molecule has 4 aromatic rings. The number of hydrogen-bond donors (Lipinski definition) is 1. The molecule has 0 aliphatic carbocycles. The highest BCUT2D eigenvalue weighted by Gasteiger charge is 2.10. The Morgan fingerprint density at radius 2 is 1.52 bits per heavy atom. The molecule has 0 radical (unpaired) electrons. The number of hydrogen-bond acceptors (Lipinski definition) is 4. The van der Waals surface area contributed by atoms with E-state index in [2.05, 4.69) is 10.3 Å². The number of benzene rings is 3. The van der Waals surface area contributed by atoms with Crippen molar-refractivity contribution < 1.29 is 13.2 Å². The van der Waals surface area contributed by atoms with Crippen molar-refractivity contribution in [3.8, 4) is 22.4 Å². The summed E-state index contributed by atoms with van der Waals surface area (Å²) in [5, 5.41) is 3.51. The zero-order valence-electron chi connectivity index (χ0n) is 17.8. The summed E-state index contributed by atoms with van der Waals surface area (Å²) in [5.74, 6) is -0.214. The Labute approximate surface area is 198 Å². The van der Waals surface area contributed by atoms with Crippen molar-refractivity contribution >= 4 is 27.3 Å². The fourth-order valence-corrected chi connectivity index (χ4v) is 4.21. The van der Waals surface area contributed by atoms with Gasteiger partial charge >= 0.3 is 0 Å². The standard InChI is InChI=1S/C26H21ClN2O3S/c1-33(31,32)22-13-10-20(11-14-22)19-8-6-18(7-9-19)16-29-26(30)21-12-15-25(28-17-21)23-4-2-3-5-24(23)27/h2-15,17H,16H2,1H3,(H,29,30). The Hall–Kier alpha value is -3.48. The quantitative estimate of drug-likeness (QED) is 0.404. The van der Waals surface area contributed by atoms with E-state index in [0.29, 0.717) is 27.7 Å². The van der Waals surface area contributed by atoms with Crippen molar-refractivity contribution in [1.82, 2.24) is 10.3 Å². The molecule has 0 aliphatic rings. The van der Waals surface area contributed by atoms with Crippen molar-refractivity contribution in [3.05, 3.63) is 107 Å². The zero-order chi connectivity index (χ0) is 23.4. The Balaban J connectivity index is 1.38. The second-order valence-corrected chi connectivity index (χ2v) is 10.0. The number of rotatable bonds is 6. The third kappa shape index (κ3) is 5.48. The molecule has 33 heavy (non-hydrogen) atoms. The Morgan fingerprint density at radius 3 is 2.09 bits per heavy atom. The first-order valence-corrected chi connectivity index (χ1v) is 12.5. The van der Waals surface area contributed by atoms with Crippen LogP contribution in [0.4, 0.5) is 0 Å². The molecule has 1 N–H and O–H groups in total. The molecule has 166 valence electrons. The van der Waals surface area contributed by atoms with Gasteiger partial charge in [-0.1, -0.05) is 66.2 Å². The summed E-state index contributed by atoms with van der Waals surface area (Å²) < 4.78 is 23.2. The highest BCUT2D eigenvalue weighted by Crippen LogP contribution is 2.26. The summed E-state index contributed by atoms with van der Waals surface area (Å²) in [6, 6.07) is 25.4. The first kappa shape index (κ1) is 22.7. The highest BCUT2D eigenvalue weighted by molar-refractivity contribution is 7.90. The van der Waals surface area contributed by atoms with Gasteiger partial charge in [0.2, 0.25) is 0 Å². The molecule has 4 rings (SSSR count). The smallest absolute Gasteiger partial charge is 0.253 e. The molecular weight excluding hydrogens is 456 g/mol. The largest absolute Gasteiger partial charge is 0.348 e. The van der Waals surface area contributed by atoms with Crippen LogP contribution in [-0.2, 0) is 16.4 Å². The van der Waals surface area contributed by atoms with Gasteiger partial charge in [0.25, 0.3) is 5.91 Å². The minimum atomic E-state index is -3.22. The average molecular weight is 477 g/mol. The normalized spacial score (nSPS) is 11.2. The number of amides is 1. The Bertz CT molecular complexity index is 1380. The number of aromatic nitrogens is 1. The van der Waals surface area contributed by atoms with Gasteiger partial charge in [-0.15, -0.1) is 0 Å². The van der Waals surface area contributed by atoms with Crippen LogP contribution < -0.4 is 5.32 Å². The molecule has 0 aliphatic heterocycles. The summed E-state index contributed by atoms with van der Waals surface area (Å²) in [4.78, 5) is 17.2. The number of sulfone groups is 1. The van der Waals surface area contributed by atoms with Crippen LogP contribution in [0.1, 0.15) is 15.9 Å². The van der Waals surface area contributed by atoms with Crippen molar-refractivity contribution in [1.29, 1.82) is 0 Å². The predicted octanol–water partition coefficient (Wildman–Crippen LogP) is 5.40. The number of carbonyl (C=O) groups is 1. The van der Waals surface area contributed by atoms with Crippen LogP contribution >= 0.6 is 11.6 Å². The monoisotopic (exact) mass is 476 g/mol. The second-order valence-electron chi connectivity index (χ2n) is 7.59. The maximum atomic E-state index is 12.5. The number of halogens is 1. The fraction of sp³-hybridized carbons (Fsp3) is 0.0769. The third-order valence-electron chi connectivity index (χ3n) is 5.20. The van der Waals surface area contributed by atoms with Gasteiger partial charge < -0.3 is 5.32 Å². The van der Waals surface area contributed by atoms with Crippen LogP contribution in [0.3, 0.4) is 0 Å². The second kappa shape index (κ2) is 9.57. The predicted molar refractivity (Wildman–Crippen MR) is 131 cm³/mol. The van der Waals surface area contributed by atoms with Gasteiger partial charge in [0.05, 0.1) is 16.2 Å². The minimum absolute atomic E-state index is 0.214. The van der Waals surface area contributed by atoms with E-state index >= 15 is 0 Å². The maximum Gasteiger partial charge on any atom is 0.253 e. The lowest BCUT2D eigenvalue weighted by Gasteiger charge is -2.08. The molecule has 0 spiro atoms. The summed E-state index contributed by atoms with van der Waals surface area (Å²) in [6.07, 6.45) is 2.73. The molecule has 0 saturated carbocycles. The zero-order valence-corrected chi connectivity index (χ0v) is 19.4. The summed E-state index contributed by atoms with van der Waals surface area (Å²) in [6.45, 7) is 0.373. The van der Waals surface area contributed by atoms with E-state index < -0.39 is 9.84 Å². The lowest BCUT2D eigenvalue weighted by molar-refractivity contribution is 0.0950. The highest BCUT2D eigenvalue weighted by atomic mass is 35.5. The van der Waals surface area contributed by atoms with Crippen LogP contribution in [0.25, 0.3) is 22.4 Å². The van der Waals surface area contributed by atoms with Crippen molar-refractivity contribution in [3.63, 3.8) is 0 Å². The molecule has 5 nitrogen and oxygen atoms in total. The van der Waals surface area contributed by atoms with Crippen LogP contribution in [0.5, 0.6) is 0 Å². The Morgan fingerprint density at radius 1 is 0.879 bits per heavy atom. The van der Waals surface area contributed by atoms with Gasteiger partial charge in [-0.05, 0) is 47.0 Å². The third-order valence-corrected chi connectivity index (χ3v) is 6.66. The molecule has 1 heterocycles. The summed E-state index contributed by atoms with van der Waals surface area (Å²) in [5.41, 5.74) is 4.82. The van der Waals surface area contributed by atoms with Gasteiger partial charge in [0.15, 0.2) is 9.84 Å². The number of nitrogens with one attached hydrogen (secondary N) is 1. The van der Waals surface area contributed by atoms with Crippen LogP contribution in [-0.4, -0.2) is 25.6 Å². The van der Waals surface area contributed by atoms with E-state index in [0.717, 1.165) is 22.3 Å². The molecule has 1 amide bonds. The SMILES string of the molecule is CS(=O)(=O)c1ccc(-c2ccc(CNC(=O)c3ccc(-c4ccccc4Cl)nc3)cc2)cc1. The van der Waals surface area contributed by atoms with Crippen molar-refractivity contribution in [2.24, 2.45) is 0 Å². The molecule has 0 saturated heterocycles. The lowest BCUT2D eigenvalue weighted by atomic mass is 10.0. The van der Waals surface area contributed by atoms with E-state index in [1.54, 1.807) is 42.5 Å². The lowest BCUT2D eigenvalue weighted by Crippen LogP contribution is -2.22. The van der Waals surface area contributed by atoms with E-state index in [1.165, 1.54) is 12.5 Å². The molecule has 0 bridgehead atoms. The van der Waals surface area contributed by atoms with Crippen LogP contribution in [0, 0.1) is 0 Å². The molecular formula is C26H21ClN2O3S. The molecule has 3 aromatic carbocycles. The Kier molecular flexibility index (Phi) is 6.58. The fourth-order valence-electron chi connectivity index (χ4n) is 3.35. The molecule has 0 atom stereocenters. The topological polar surface area (TPSA) is 76.1 Å². The first-order valence-electron chi connectivity index (χ1n) is 10.2. The minimum Gasteiger partial charge on any atom is -0.348 e. The van der Waals surface area contributed by atoms with Gasteiger partial charge in [-0.2, -0.15) is 0 Å². The van der Waals surface area contributed by atoms with Gasteiger partial charge in [0.1, 0.15) is 0 Å². The summed E-state index contributed by atoms with van der Waals surface area (Å²) >= 11 is 6.21. The van der Waals surface area contributed by atoms with Crippen molar-refractivity contribution in [2.45, 2.75) is 11.4 Å². The van der Waals surface area contributed by atoms with E-state index in [4.69, 9.17) is 11.6 Å². The van der Waals surface area contributed by atoms with Crippen LogP contribution in [0.2, 0.25) is 5.02 Å². The maximum absolute atomic E-state index is 12.5. The molecule has 7 heteroatoms. The van der Waals surface area contributed by atoms with Gasteiger partial charge in [0, 0.05) is 29.6 Å².